The smallest absolute Gasteiger partial charge is 0.331 e. The molecule has 4 amide bonds. The molecule has 7 heteroatoms. The van der Waals surface area contributed by atoms with Gasteiger partial charge in [0.2, 0.25) is 0 Å². The lowest BCUT2D eigenvalue weighted by molar-refractivity contribution is -0.131. The number of nitrogens with one attached hydrogen (secondary N) is 1. The van der Waals surface area contributed by atoms with Gasteiger partial charge >= 0.3 is 6.03 Å². The number of rotatable bonds is 2. The van der Waals surface area contributed by atoms with Gasteiger partial charge in [0.05, 0.1) is 0 Å². The first-order valence-corrected chi connectivity index (χ1v) is 7.80. The van der Waals surface area contributed by atoms with Crippen LogP contribution < -0.4 is 5.32 Å². The average molecular weight is 400 g/mol. The molecule has 1 aliphatic heterocycles. The van der Waals surface area contributed by atoms with Gasteiger partial charge in [-0.05, 0) is 53.6 Å². The van der Waals surface area contributed by atoms with Gasteiger partial charge in [-0.15, -0.1) is 0 Å². The van der Waals surface area contributed by atoms with Crippen LogP contribution in [0.15, 0.2) is 22.1 Å². The number of carbonyl (C=O) groups is 3. The molecule has 0 aromatic carbocycles. The largest absolute Gasteiger partial charge is 0.451 e. The molecule has 6 nitrogen and oxygen atoms in total. The van der Waals surface area contributed by atoms with Crippen LogP contribution in [0.3, 0.4) is 0 Å². The zero-order valence-corrected chi connectivity index (χ0v) is 13.3. The summed E-state index contributed by atoms with van der Waals surface area (Å²) in [5, 5.41) is 2.23. The van der Waals surface area contributed by atoms with Crippen LogP contribution in [0.5, 0.6) is 0 Å². The number of carbonyl (C=O) groups excluding carboxylic acids is 3. The Bertz CT molecular complexity index is 643. The minimum Gasteiger partial charge on any atom is -0.451 e. The predicted molar refractivity (Wildman–Crippen MR) is 82.0 cm³/mol. The number of barbiturate groups is 1. The van der Waals surface area contributed by atoms with Gasteiger partial charge in [-0.25, -0.2) is 4.79 Å². The highest BCUT2D eigenvalue weighted by atomic mass is 127. The molecular formula is C14H13IN2O4. The van der Waals surface area contributed by atoms with E-state index in [0.29, 0.717) is 9.53 Å². The highest BCUT2D eigenvalue weighted by Gasteiger charge is 2.40. The average Bonchev–Trinajstić information content (AvgIpc) is 3.06. The monoisotopic (exact) mass is 400 g/mol. The Morgan fingerprint density at radius 1 is 1.24 bits per heavy atom. The Morgan fingerprint density at radius 3 is 2.57 bits per heavy atom. The van der Waals surface area contributed by atoms with Crippen LogP contribution >= 0.6 is 22.6 Å². The molecule has 0 radical (unpaired) electrons. The van der Waals surface area contributed by atoms with Gasteiger partial charge in [0.25, 0.3) is 11.8 Å². The first kappa shape index (κ1) is 14.3. The van der Waals surface area contributed by atoms with Crippen molar-refractivity contribution in [3.8, 4) is 0 Å². The van der Waals surface area contributed by atoms with Gasteiger partial charge in [0.1, 0.15) is 11.3 Å². The molecule has 0 bridgehead atoms. The maximum Gasteiger partial charge on any atom is 0.331 e. The highest BCUT2D eigenvalue weighted by Crippen LogP contribution is 2.27. The second-order valence-corrected chi connectivity index (χ2v) is 6.14. The van der Waals surface area contributed by atoms with Crippen LogP contribution in [-0.2, 0) is 9.59 Å². The summed E-state index contributed by atoms with van der Waals surface area (Å²) in [6.45, 7) is 0. The minimum atomic E-state index is -0.675. The Kier molecular flexibility index (Phi) is 3.83. The van der Waals surface area contributed by atoms with Crippen molar-refractivity contribution in [2.24, 2.45) is 0 Å². The Labute approximate surface area is 134 Å². The maximum atomic E-state index is 12.5. The van der Waals surface area contributed by atoms with Crippen molar-refractivity contribution in [1.82, 2.24) is 10.2 Å². The molecule has 21 heavy (non-hydrogen) atoms. The zero-order valence-electron chi connectivity index (χ0n) is 11.1. The SMILES string of the molecule is O=C1NC(=O)N(C2CCCC2)C(=O)/C1=C/c1ccc(I)o1. The number of imide groups is 2. The Hall–Kier alpha value is -1.64. The molecule has 1 aromatic rings. The molecule has 2 aliphatic rings. The van der Waals surface area contributed by atoms with Crippen LogP contribution in [0, 0.1) is 3.77 Å². The summed E-state index contributed by atoms with van der Waals surface area (Å²) in [5.41, 5.74) is -0.0627. The van der Waals surface area contributed by atoms with Gasteiger partial charge in [-0.1, -0.05) is 12.8 Å². The number of halogens is 1. The maximum absolute atomic E-state index is 12.5. The fourth-order valence-corrected chi connectivity index (χ4v) is 3.15. The third kappa shape index (κ3) is 2.74. The number of hydrogen-bond acceptors (Lipinski definition) is 4. The van der Waals surface area contributed by atoms with Crippen LogP contribution in [0.1, 0.15) is 31.4 Å². The quantitative estimate of drug-likeness (QED) is 0.470. The molecule has 1 aromatic heterocycles. The number of nitrogens with zero attached hydrogens (tertiary/aromatic N) is 1. The summed E-state index contributed by atoms with van der Waals surface area (Å²) in [6.07, 6.45) is 4.95. The summed E-state index contributed by atoms with van der Waals surface area (Å²) in [5.74, 6) is -0.800. The number of furan rings is 1. The molecule has 110 valence electrons. The lowest BCUT2D eigenvalue weighted by Crippen LogP contribution is -2.57. The van der Waals surface area contributed by atoms with Gasteiger partial charge in [-0.2, -0.15) is 0 Å². The minimum absolute atomic E-state index is 0.0627. The third-order valence-electron chi connectivity index (χ3n) is 3.70. The predicted octanol–water partition coefficient (Wildman–Crippen LogP) is 2.29. The van der Waals surface area contributed by atoms with Crippen LogP contribution in [-0.4, -0.2) is 28.8 Å². The molecule has 2 heterocycles. The third-order valence-corrected chi connectivity index (χ3v) is 4.28. The van der Waals surface area contributed by atoms with Gasteiger partial charge in [-0.3, -0.25) is 19.8 Å². The second kappa shape index (κ2) is 5.63. The number of amides is 4. The summed E-state index contributed by atoms with van der Waals surface area (Å²) >= 11 is 2.00. The molecule has 1 aliphatic carbocycles. The van der Waals surface area contributed by atoms with Gasteiger partial charge in [0.15, 0.2) is 3.77 Å². The summed E-state index contributed by atoms with van der Waals surface area (Å²) in [6, 6.07) is 2.66. The number of urea groups is 1. The van der Waals surface area contributed by atoms with E-state index in [-0.39, 0.29) is 11.6 Å². The van der Waals surface area contributed by atoms with Crippen molar-refractivity contribution in [2.75, 3.05) is 0 Å². The first-order chi connectivity index (χ1) is 10.1. The van der Waals surface area contributed by atoms with E-state index in [1.165, 1.54) is 11.0 Å². The topological polar surface area (TPSA) is 79.6 Å². The Balaban J connectivity index is 1.92. The van der Waals surface area contributed by atoms with Crippen molar-refractivity contribution < 1.29 is 18.8 Å². The van der Waals surface area contributed by atoms with Crippen LogP contribution in [0.25, 0.3) is 6.08 Å². The van der Waals surface area contributed by atoms with E-state index in [1.54, 1.807) is 12.1 Å². The van der Waals surface area contributed by atoms with Crippen molar-refractivity contribution >= 4 is 46.5 Å². The molecule has 3 rings (SSSR count). The van der Waals surface area contributed by atoms with E-state index in [4.69, 9.17) is 4.42 Å². The van der Waals surface area contributed by atoms with Crippen molar-refractivity contribution in [2.45, 2.75) is 31.7 Å². The highest BCUT2D eigenvalue weighted by molar-refractivity contribution is 14.1. The Morgan fingerprint density at radius 2 is 1.95 bits per heavy atom. The molecule has 0 spiro atoms. The van der Waals surface area contributed by atoms with Crippen molar-refractivity contribution in [3.63, 3.8) is 0 Å². The first-order valence-electron chi connectivity index (χ1n) is 6.72. The summed E-state index contributed by atoms with van der Waals surface area (Å²) < 4.78 is 6.00. The van der Waals surface area contributed by atoms with E-state index < -0.39 is 17.8 Å². The fourth-order valence-electron chi connectivity index (χ4n) is 2.71. The standard InChI is InChI=1S/C14H13IN2O4/c15-11-6-5-9(21-11)7-10-12(18)16-14(20)17(13(10)19)8-3-1-2-4-8/h5-8H,1-4H2,(H,16,18,20)/b10-7+. The molecule has 0 unspecified atom stereocenters. The summed E-state index contributed by atoms with van der Waals surface area (Å²) in [4.78, 5) is 37.5. The molecule has 1 N–H and O–H groups in total. The molecule has 2 fully saturated rings. The van der Waals surface area contributed by atoms with E-state index in [9.17, 15) is 14.4 Å². The molecule has 1 saturated carbocycles. The van der Waals surface area contributed by atoms with Crippen molar-refractivity contribution in [1.29, 1.82) is 0 Å². The fraction of sp³-hybridized carbons (Fsp3) is 0.357. The second-order valence-electron chi connectivity index (χ2n) is 5.07. The normalized spacial score (nSPS) is 22.2. The van der Waals surface area contributed by atoms with Gasteiger partial charge in [0, 0.05) is 6.04 Å². The van der Waals surface area contributed by atoms with E-state index in [2.05, 4.69) is 5.32 Å². The van der Waals surface area contributed by atoms with Crippen molar-refractivity contribution in [3.05, 3.63) is 27.2 Å². The van der Waals surface area contributed by atoms with E-state index in [1.807, 2.05) is 22.6 Å². The molecular weight excluding hydrogens is 387 g/mol. The van der Waals surface area contributed by atoms with Crippen LogP contribution in [0.2, 0.25) is 0 Å². The zero-order chi connectivity index (χ0) is 15.0. The summed E-state index contributed by atoms with van der Waals surface area (Å²) in [7, 11) is 0. The van der Waals surface area contributed by atoms with E-state index in [0.717, 1.165) is 25.7 Å². The van der Waals surface area contributed by atoms with E-state index >= 15 is 0 Å². The lowest BCUT2D eigenvalue weighted by Gasteiger charge is -2.30. The lowest BCUT2D eigenvalue weighted by atomic mass is 10.1. The number of hydrogen-bond donors (Lipinski definition) is 1. The van der Waals surface area contributed by atoms with Gasteiger partial charge < -0.3 is 4.42 Å². The van der Waals surface area contributed by atoms with Crippen LogP contribution in [0.4, 0.5) is 4.79 Å². The molecule has 0 atom stereocenters. The molecule has 1 saturated heterocycles.